The van der Waals surface area contributed by atoms with Gasteiger partial charge >= 0.3 is 0 Å². The number of benzene rings is 2. The van der Waals surface area contributed by atoms with Crippen molar-refractivity contribution in [2.24, 2.45) is 0 Å². The topological polar surface area (TPSA) is 71.7 Å². The molecule has 0 aliphatic rings. The number of furan rings is 1. The summed E-state index contributed by atoms with van der Waals surface area (Å²) in [6, 6.07) is 16.0. The van der Waals surface area contributed by atoms with Crippen molar-refractivity contribution in [2.45, 2.75) is 13.5 Å². The number of carbonyl (C=O) groups is 1. The summed E-state index contributed by atoms with van der Waals surface area (Å²) in [5.74, 6) is 1.37. The molecule has 1 aromatic heterocycles. The van der Waals surface area contributed by atoms with Crippen LogP contribution in [0, 0.1) is 6.92 Å². The van der Waals surface area contributed by atoms with E-state index in [4.69, 9.17) is 25.9 Å². The molecule has 1 heterocycles. The molecule has 0 atom stereocenters. The molecule has 0 fully saturated rings. The summed E-state index contributed by atoms with van der Waals surface area (Å²) < 4.78 is 10.9. The smallest absolute Gasteiger partial charge is 0.262 e. The van der Waals surface area contributed by atoms with Crippen molar-refractivity contribution in [2.75, 3.05) is 11.9 Å². The van der Waals surface area contributed by atoms with Gasteiger partial charge in [0.1, 0.15) is 23.9 Å². The van der Waals surface area contributed by atoms with Gasteiger partial charge in [0.25, 0.3) is 5.91 Å². The Labute approximate surface area is 156 Å². The fourth-order valence-corrected chi connectivity index (χ4v) is 2.65. The highest BCUT2D eigenvalue weighted by Crippen LogP contribution is 2.31. The number of carbonyl (C=O) groups excluding carboxylic acids is 1. The van der Waals surface area contributed by atoms with Crippen LogP contribution in [-0.2, 0) is 11.4 Å². The lowest BCUT2D eigenvalue weighted by atomic mass is 10.1. The van der Waals surface area contributed by atoms with E-state index in [-0.39, 0.29) is 19.1 Å². The van der Waals surface area contributed by atoms with Crippen LogP contribution < -0.4 is 10.1 Å². The minimum Gasteiger partial charge on any atom is -0.484 e. The molecule has 0 radical (unpaired) electrons. The molecule has 0 aliphatic heterocycles. The third kappa shape index (κ3) is 4.45. The van der Waals surface area contributed by atoms with Gasteiger partial charge in [-0.3, -0.25) is 4.79 Å². The van der Waals surface area contributed by atoms with Crippen molar-refractivity contribution in [3.8, 4) is 17.1 Å². The second-order valence-corrected chi connectivity index (χ2v) is 6.18. The van der Waals surface area contributed by atoms with E-state index in [0.717, 1.165) is 5.56 Å². The maximum Gasteiger partial charge on any atom is 0.262 e. The lowest BCUT2D eigenvalue weighted by Crippen LogP contribution is -2.20. The van der Waals surface area contributed by atoms with E-state index in [1.54, 1.807) is 30.3 Å². The maximum atomic E-state index is 12.0. The first-order valence-electron chi connectivity index (χ1n) is 8.04. The maximum absolute atomic E-state index is 12.0. The first kappa shape index (κ1) is 18.0. The zero-order chi connectivity index (χ0) is 18.5. The summed E-state index contributed by atoms with van der Waals surface area (Å²) >= 11 is 6.28. The molecule has 2 aromatic carbocycles. The molecular formula is C20H18ClNO4. The number of anilines is 1. The summed E-state index contributed by atoms with van der Waals surface area (Å²) in [4.78, 5) is 12.0. The Bertz CT molecular complexity index is 902. The summed E-state index contributed by atoms with van der Waals surface area (Å²) in [5.41, 5.74) is 2.37. The zero-order valence-corrected chi connectivity index (χ0v) is 14.9. The molecule has 0 bridgehead atoms. The van der Waals surface area contributed by atoms with Crippen LogP contribution in [0.2, 0.25) is 5.02 Å². The van der Waals surface area contributed by atoms with Gasteiger partial charge in [0.15, 0.2) is 6.61 Å². The van der Waals surface area contributed by atoms with E-state index in [9.17, 15) is 4.79 Å². The zero-order valence-electron chi connectivity index (χ0n) is 14.2. The largest absolute Gasteiger partial charge is 0.484 e. The normalized spacial score (nSPS) is 10.6. The van der Waals surface area contributed by atoms with Crippen molar-refractivity contribution in [3.63, 3.8) is 0 Å². The number of halogens is 1. The predicted molar refractivity (Wildman–Crippen MR) is 100 cm³/mol. The van der Waals surface area contributed by atoms with Crippen molar-refractivity contribution >= 4 is 23.2 Å². The van der Waals surface area contributed by atoms with Gasteiger partial charge in [-0.1, -0.05) is 29.3 Å². The Hall–Kier alpha value is -2.76. The molecular weight excluding hydrogens is 354 g/mol. The Kier molecular flexibility index (Phi) is 5.61. The highest BCUT2D eigenvalue weighted by molar-refractivity contribution is 6.33. The second kappa shape index (κ2) is 8.08. The number of nitrogens with one attached hydrogen (secondary N) is 1. The molecule has 26 heavy (non-hydrogen) atoms. The van der Waals surface area contributed by atoms with E-state index in [0.29, 0.717) is 33.5 Å². The van der Waals surface area contributed by atoms with Crippen LogP contribution in [-0.4, -0.2) is 17.6 Å². The molecule has 0 unspecified atom stereocenters. The van der Waals surface area contributed by atoms with Crippen LogP contribution >= 0.6 is 11.6 Å². The van der Waals surface area contributed by atoms with E-state index in [2.05, 4.69) is 5.32 Å². The van der Waals surface area contributed by atoms with E-state index < -0.39 is 0 Å². The quantitative estimate of drug-likeness (QED) is 0.672. The average molecular weight is 372 g/mol. The third-order valence-electron chi connectivity index (χ3n) is 3.73. The third-order valence-corrected chi connectivity index (χ3v) is 4.04. The summed E-state index contributed by atoms with van der Waals surface area (Å²) in [6.45, 7) is 1.71. The molecule has 3 aromatic rings. The first-order valence-corrected chi connectivity index (χ1v) is 8.42. The van der Waals surface area contributed by atoms with Crippen LogP contribution in [0.15, 0.2) is 59.0 Å². The van der Waals surface area contributed by atoms with Crippen LogP contribution in [0.3, 0.4) is 0 Å². The average Bonchev–Trinajstić information content (AvgIpc) is 3.10. The standard InChI is InChI=1S/C20H18ClNO4/c1-13-2-5-15(6-3-13)25-12-20(24)22-14-4-8-17(18(21)10-14)19-9-7-16(11-23)26-19/h2-10,23H,11-12H2,1H3,(H,22,24). The molecule has 2 N–H and O–H groups in total. The van der Waals surface area contributed by atoms with Gasteiger partial charge < -0.3 is 19.6 Å². The van der Waals surface area contributed by atoms with Crippen molar-refractivity contribution < 1.29 is 19.1 Å². The Morgan fingerprint density at radius 3 is 2.58 bits per heavy atom. The van der Waals surface area contributed by atoms with Gasteiger partial charge in [0, 0.05) is 11.3 Å². The van der Waals surface area contributed by atoms with Crippen LogP contribution in [0.5, 0.6) is 5.75 Å². The number of aryl methyl sites for hydroxylation is 1. The molecule has 1 amide bonds. The van der Waals surface area contributed by atoms with Crippen molar-refractivity contribution in [3.05, 3.63) is 70.9 Å². The van der Waals surface area contributed by atoms with Gasteiger partial charge in [0.2, 0.25) is 0 Å². The van der Waals surface area contributed by atoms with Crippen molar-refractivity contribution in [1.82, 2.24) is 0 Å². The van der Waals surface area contributed by atoms with E-state index in [1.807, 2.05) is 31.2 Å². The SMILES string of the molecule is Cc1ccc(OCC(=O)Nc2ccc(-c3ccc(CO)o3)c(Cl)c2)cc1. The Balaban J connectivity index is 1.61. The molecule has 0 saturated carbocycles. The number of hydrogen-bond acceptors (Lipinski definition) is 4. The van der Waals surface area contributed by atoms with Crippen LogP contribution in [0.1, 0.15) is 11.3 Å². The number of hydrogen-bond donors (Lipinski definition) is 2. The fraction of sp³-hybridized carbons (Fsp3) is 0.150. The van der Waals surface area contributed by atoms with E-state index in [1.165, 1.54) is 0 Å². The highest BCUT2D eigenvalue weighted by Gasteiger charge is 2.11. The van der Waals surface area contributed by atoms with Gasteiger partial charge in [-0.15, -0.1) is 0 Å². The number of aliphatic hydroxyl groups is 1. The Morgan fingerprint density at radius 1 is 1.15 bits per heavy atom. The molecule has 3 rings (SSSR count). The van der Waals surface area contributed by atoms with Gasteiger partial charge in [-0.05, 0) is 49.4 Å². The fourth-order valence-electron chi connectivity index (χ4n) is 2.38. The first-order chi connectivity index (χ1) is 12.5. The van der Waals surface area contributed by atoms with Gasteiger partial charge in [0.05, 0.1) is 5.02 Å². The molecule has 0 saturated heterocycles. The van der Waals surface area contributed by atoms with E-state index >= 15 is 0 Å². The lowest BCUT2D eigenvalue weighted by Gasteiger charge is -2.09. The predicted octanol–water partition coefficient (Wildman–Crippen LogP) is 4.42. The number of aliphatic hydroxyl groups excluding tert-OH is 1. The summed E-state index contributed by atoms with van der Waals surface area (Å²) in [6.07, 6.45) is 0. The monoisotopic (exact) mass is 371 g/mol. The minimum absolute atomic E-state index is 0.0968. The molecule has 6 heteroatoms. The van der Waals surface area contributed by atoms with Crippen LogP contribution in [0.4, 0.5) is 5.69 Å². The summed E-state index contributed by atoms with van der Waals surface area (Å²) in [7, 11) is 0. The second-order valence-electron chi connectivity index (χ2n) is 5.77. The number of rotatable bonds is 6. The summed E-state index contributed by atoms with van der Waals surface area (Å²) in [5, 5.41) is 12.2. The number of amides is 1. The van der Waals surface area contributed by atoms with Crippen LogP contribution in [0.25, 0.3) is 11.3 Å². The highest BCUT2D eigenvalue weighted by atomic mass is 35.5. The van der Waals surface area contributed by atoms with Gasteiger partial charge in [-0.25, -0.2) is 0 Å². The number of ether oxygens (including phenoxy) is 1. The molecule has 0 aliphatic carbocycles. The van der Waals surface area contributed by atoms with Crippen molar-refractivity contribution in [1.29, 1.82) is 0 Å². The van der Waals surface area contributed by atoms with Gasteiger partial charge in [-0.2, -0.15) is 0 Å². The minimum atomic E-state index is -0.282. The molecule has 5 nitrogen and oxygen atoms in total. The lowest BCUT2D eigenvalue weighted by molar-refractivity contribution is -0.118. The molecule has 134 valence electrons. The Morgan fingerprint density at radius 2 is 1.92 bits per heavy atom. The molecule has 0 spiro atoms.